The number of nitrogens with zero attached hydrogens (tertiary/aromatic N) is 1. The Kier molecular flexibility index (Phi) is 10.2. The van der Waals surface area contributed by atoms with Crippen LogP contribution >= 0.6 is 0 Å². The van der Waals surface area contributed by atoms with Crippen molar-refractivity contribution in [3.8, 4) is 0 Å². The van der Waals surface area contributed by atoms with Gasteiger partial charge in [0, 0.05) is 49.9 Å². The van der Waals surface area contributed by atoms with E-state index in [-0.39, 0.29) is 47.9 Å². The Labute approximate surface area is 172 Å². The number of nitrogens with one attached hydrogen (secondary N) is 1. The third-order valence-corrected chi connectivity index (χ3v) is 5.04. The van der Waals surface area contributed by atoms with E-state index < -0.39 is 6.04 Å². The summed E-state index contributed by atoms with van der Waals surface area (Å²) in [6, 6.07) is -0.622. The molecule has 2 amide bonds. The highest BCUT2D eigenvalue weighted by atomic mass is 16.2. The predicted molar refractivity (Wildman–Crippen MR) is 110 cm³/mol. The van der Waals surface area contributed by atoms with E-state index in [1.165, 1.54) is 13.0 Å². The second-order valence-electron chi connectivity index (χ2n) is 7.64. The first kappa shape index (κ1) is 24.5. The van der Waals surface area contributed by atoms with Crippen LogP contribution in [0.25, 0.3) is 0 Å². The molecule has 0 bridgehead atoms. The lowest BCUT2D eigenvalue weighted by Crippen LogP contribution is -2.39. The van der Waals surface area contributed by atoms with Gasteiger partial charge in [-0.3, -0.25) is 24.0 Å². The summed E-state index contributed by atoms with van der Waals surface area (Å²) in [7, 11) is 0. The van der Waals surface area contributed by atoms with Crippen molar-refractivity contribution < 1.29 is 24.0 Å². The Morgan fingerprint density at radius 2 is 1.66 bits per heavy atom. The van der Waals surface area contributed by atoms with Crippen molar-refractivity contribution in [2.75, 3.05) is 6.54 Å². The summed E-state index contributed by atoms with van der Waals surface area (Å²) in [6.07, 6.45) is 6.04. The summed E-state index contributed by atoms with van der Waals surface area (Å²) in [5.74, 6) is -0.770. The SMILES string of the molecule is C=C1C=CC(=O)N1CCCC(=O)CCCCC(=O)N[C@@H](C)C(=O)C[C@@H](C)C(C)=O. The second kappa shape index (κ2) is 12.1. The van der Waals surface area contributed by atoms with Crippen molar-refractivity contribution >= 4 is 29.2 Å². The quantitative estimate of drug-likeness (QED) is 0.448. The molecule has 1 aliphatic heterocycles. The highest BCUT2D eigenvalue weighted by Crippen LogP contribution is 2.14. The van der Waals surface area contributed by atoms with Crippen LogP contribution in [0.15, 0.2) is 24.4 Å². The number of unbranched alkanes of at least 4 members (excludes halogenated alkanes) is 1. The van der Waals surface area contributed by atoms with Crippen molar-refractivity contribution in [2.24, 2.45) is 5.92 Å². The first-order valence-electron chi connectivity index (χ1n) is 10.1. The first-order chi connectivity index (χ1) is 13.6. The third kappa shape index (κ3) is 8.98. The van der Waals surface area contributed by atoms with Gasteiger partial charge in [-0.05, 0) is 39.2 Å². The molecule has 7 nitrogen and oxygen atoms in total. The number of carbonyl (C=O) groups is 5. The molecule has 29 heavy (non-hydrogen) atoms. The van der Waals surface area contributed by atoms with Gasteiger partial charge in [0.25, 0.3) is 5.91 Å². The number of carbonyl (C=O) groups excluding carboxylic acids is 5. The van der Waals surface area contributed by atoms with Gasteiger partial charge in [0.15, 0.2) is 5.78 Å². The molecule has 1 rings (SSSR count). The van der Waals surface area contributed by atoms with E-state index in [1.807, 2.05) is 0 Å². The fraction of sp³-hybridized carbons (Fsp3) is 0.591. The van der Waals surface area contributed by atoms with Crippen molar-refractivity contribution in [1.29, 1.82) is 0 Å². The Hall–Kier alpha value is -2.57. The Bertz CT molecular complexity index is 677. The molecule has 0 aromatic carbocycles. The maximum absolute atomic E-state index is 12.0. The number of hydrogen-bond donors (Lipinski definition) is 1. The van der Waals surface area contributed by atoms with Gasteiger partial charge in [-0.25, -0.2) is 0 Å². The normalized spacial score (nSPS) is 15.3. The fourth-order valence-corrected chi connectivity index (χ4v) is 2.93. The molecule has 0 spiro atoms. The second-order valence-corrected chi connectivity index (χ2v) is 7.64. The van der Waals surface area contributed by atoms with Crippen molar-refractivity contribution in [3.63, 3.8) is 0 Å². The summed E-state index contributed by atoms with van der Waals surface area (Å²) < 4.78 is 0. The minimum atomic E-state index is -0.622. The lowest BCUT2D eigenvalue weighted by Gasteiger charge is -2.16. The minimum Gasteiger partial charge on any atom is -0.347 e. The van der Waals surface area contributed by atoms with Gasteiger partial charge in [0.1, 0.15) is 11.6 Å². The van der Waals surface area contributed by atoms with E-state index in [1.54, 1.807) is 24.8 Å². The zero-order valence-electron chi connectivity index (χ0n) is 17.7. The van der Waals surface area contributed by atoms with Crippen LogP contribution in [0.4, 0.5) is 0 Å². The van der Waals surface area contributed by atoms with Gasteiger partial charge in [-0.1, -0.05) is 13.5 Å². The molecule has 160 valence electrons. The average Bonchev–Trinajstić information content (AvgIpc) is 2.97. The van der Waals surface area contributed by atoms with Gasteiger partial charge in [0.2, 0.25) is 5.91 Å². The molecule has 1 N–H and O–H groups in total. The lowest BCUT2D eigenvalue weighted by atomic mass is 9.98. The lowest BCUT2D eigenvalue weighted by molar-refractivity contribution is -0.129. The largest absolute Gasteiger partial charge is 0.347 e. The summed E-state index contributed by atoms with van der Waals surface area (Å²) in [5, 5.41) is 2.65. The van der Waals surface area contributed by atoms with Crippen LogP contribution in [0.3, 0.4) is 0 Å². The van der Waals surface area contributed by atoms with Crippen LogP contribution in [0.1, 0.15) is 65.7 Å². The summed E-state index contributed by atoms with van der Waals surface area (Å²) in [5.41, 5.74) is 0.650. The molecule has 0 aliphatic carbocycles. The maximum Gasteiger partial charge on any atom is 0.251 e. The molecule has 0 saturated carbocycles. The molecule has 0 saturated heterocycles. The van der Waals surface area contributed by atoms with Gasteiger partial charge < -0.3 is 10.2 Å². The highest BCUT2D eigenvalue weighted by Gasteiger charge is 2.20. The zero-order valence-corrected chi connectivity index (χ0v) is 17.7. The molecule has 1 heterocycles. The van der Waals surface area contributed by atoms with Crippen LogP contribution in [0.2, 0.25) is 0 Å². The fourth-order valence-electron chi connectivity index (χ4n) is 2.93. The number of hydrogen-bond acceptors (Lipinski definition) is 5. The standard InChI is InChI=1S/C22H32N2O5/c1-15(18(4)25)14-20(27)17(3)23-21(28)10-6-5-8-19(26)9-7-13-24-16(2)11-12-22(24)29/h11-12,15,17H,2,5-10,13-14H2,1,3-4H3,(H,23,28)/t15-,17+/m1/s1. The highest BCUT2D eigenvalue weighted by molar-refractivity contribution is 5.93. The molecular formula is C22H32N2O5. The number of amides is 2. The topological polar surface area (TPSA) is 101 Å². The molecule has 0 aromatic heterocycles. The Balaban J connectivity index is 2.13. The number of rotatable bonds is 14. The molecular weight excluding hydrogens is 372 g/mol. The monoisotopic (exact) mass is 404 g/mol. The van der Waals surface area contributed by atoms with Crippen molar-refractivity contribution in [3.05, 3.63) is 24.4 Å². The van der Waals surface area contributed by atoms with Crippen LogP contribution in [0, 0.1) is 5.92 Å². The Morgan fingerprint density at radius 3 is 2.24 bits per heavy atom. The third-order valence-electron chi connectivity index (χ3n) is 5.04. The number of ketones is 3. The Morgan fingerprint density at radius 1 is 1.03 bits per heavy atom. The van der Waals surface area contributed by atoms with E-state index in [9.17, 15) is 24.0 Å². The maximum atomic E-state index is 12.0. The van der Waals surface area contributed by atoms with E-state index >= 15 is 0 Å². The van der Waals surface area contributed by atoms with E-state index in [4.69, 9.17) is 0 Å². The zero-order chi connectivity index (χ0) is 22.0. The number of Topliss-reactive ketones (excluding diaryl/α,β-unsaturated/α-hetero) is 3. The van der Waals surface area contributed by atoms with Crippen LogP contribution < -0.4 is 5.32 Å². The summed E-state index contributed by atoms with van der Waals surface area (Å²) >= 11 is 0. The smallest absolute Gasteiger partial charge is 0.251 e. The first-order valence-corrected chi connectivity index (χ1v) is 10.1. The van der Waals surface area contributed by atoms with Crippen molar-refractivity contribution in [1.82, 2.24) is 10.2 Å². The summed E-state index contributed by atoms with van der Waals surface area (Å²) in [4.78, 5) is 60.2. The van der Waals surface area contributed by atoms with Gasteiger partial charge in [-0.2, -0.15) is 0 Å². The van der Waals surface area contributed by atoms with Gasteiger partial charge >= 0.3 is 0 Å². The van der Waals surface area contributed by atoms with Gasteiger partial charge in [-0.15, -0.1) is 0 Å². The summed E-state index contributed by atoms with van der Waals surface area (Å²) in [6.45, 7) is 9.01. The van der Waals surface area contributed by atoms with Crippen LogP contribution in [-0.2, 0) is 24.0 Å². The number of allylic oxidation sites excluding steroid dienone is 1. The molecule has 7 heteroatoms. The minimum absolute atomic E-state index is 0.0461. The van der Waals surface area contributed by atoms with E-state index in [0.29, 0.717) is 44.3 Å². The van der Waals surface area contributed by atoms with E-state index in [2.05, 4.69) is 11.9 Å². The molecule has 1 aliphatic rings. The molecule has 0 fully saturated rings. The molecule has 0 radical (unpaired) electrons. The van der Waals surface area contributed by atoms with Crippen molar-refractivity contribution in [2.45, 2.75) is 71.8 Å². The average molecular weight is 405 g/mol. The van der Waals surface area contributed by atoms with Crippen LogP contribution in [0.5, 0.6) is 0 Å². The van der Waals surface area contributed by atoms with Crippen LogP contribution in [-0.4, -0.2) is 46.7 Å². The molecule has 2 atom stereocenters. The van der Waals surface area contributed by atoms with Gasteiger partial charge in [0.05, 0.1) is 6.04 Å². The molecule has 0 unspecified atom stereocenters. The predicted octanol–water partition coefficient (Wildman–Crippen LogP) is 2.50. The molecule has 0 aromatic rings. The van der Waals surface area contributed by atoms with E-state index in [0.717, 1.165) is 0 Å².